The average Bonchev–Trinajstić information content (AvgIpc) is 3.36. The van der Waals surface area contributed by atoms with E-state index in [1.54, 1.807) is 24.0 Å². The number of aryl methyl sites for hydroxylation is 2. The lowest BCUT2D eigenvalue weighted by Crippen LogP contribution is -2.23. The first-order valence-corrected chi connectivity index (χ1v) is 10.0. The normalized spacial score (nSPS) is 11.2. The van der Waals surface area contributed by atoms with E-state index in [-0.39, 0.29) is 18.1 Å². The van der Waals surface area contributed by atoms with Crippen LogP contribution < -0.4 is 5.32 Å². The topological polar surface area (TPSA) is 136 Å². The Balaban J connectivity index is 0.000000422. The number of nitrogens with zero attached hydrogens (tertiary/aromatic N) is 4. The van der Waals surface area contributed by atoms with E-state index in [9.17, 15) is 22.0 Å². The summed E-state index contributed by atoms with van der Waals surface area (Å²) in [6, 6.07) is 2.96. The average molecular weight is 440 g/mol. The Bertz CT molecular complexity index is 1290. The van der Waals surface area contributed by atoms with E-state index < -0.39 is 38.0 Å². The number of benzene rings is 1. The van der Waals surface area contributed by atoms with Gasteiger partial charge in [0.05, 0.1) is 22.0 Å². The second-order valence-electron chi connectivity index (χ2n) is 6.17. The number of aromatic amines is 1. The molecule has 0 unspecified atom stereocenters. The summed E-state index contributed by atoms with van der Waals surface area (Å²) in [6.45, 7) is 1.60. The summed E-state index contributed by atoms with van der Waals surface area (Å²) in [5.74, 6) is -3.15. The zero-order valence-electron chi connectivity index (χ0n) is 15.8. The Morgan fingerprint density at radius 2 is 2.10 bits per heavy atom. The number of sulfone groups is 1. The van der Waals surface area contributed by atoms with E-state index in [0.717, 1.165) is 12.3 Å². The quantitative estimate of drug-likeness (QED) is 0.497. The maximum absolute atomic E-state index is 13.9. The fourth-order valence-electron chi connectivity index (χ4n) is 2.52. The van der Waals surface area contributed by atoms with Crippen molar-refractivity contribution in [2.75, 3.05) is 11.1 Å². The summed E-state index contributed by atoms with van der Waals surface area (Å²) in [6.07, 6.45) is 4.44. The van der Waals surface area contributed by atoms with Crippen LogP contribution in [-0.2, 0) is 21.7 Å². The number of aromatic nitrogens is 5. The fourth-order valence-corrected chi connectivity index (χ4v) is 3.85. The van der Waals surface area contributed by atoms with Gasteiger partial charge in [0.2, 0.25) is 5.91 Å². The summed E-state index contributed by atoms with van der Waals surface area (Å²) < 4.78 is 58.2. The summed E-state index contributed by atoms with van der Waals surface area (Å²) in [7, 11) is -2.33. The number of rotatable bonds is 4. The van der Waals surface area contributed by atoms with Crippen molar-refractivity contribution in [3.05, 3.63) is 54.2 Å². The molecule has 0 atom stereocenters. The van der Waals surface area contributed by atoms with Crippen molar-refractivity contribution in [3.8, 4) is 0 Å². The van der Waals surface area contributed by atoms with Crippen molar-refractivity contribution in [1.29, 1.82) is 0 Å². The number of fused-ring (bicyclic) bond motifs is 1. The minimum absolute atomic E-state index is 0. The second-order valence-corrected chi connectivity index (χ2v) is 8.13. The molecular formula is C17H18F2N6O4S. The molecule has 0 saturated heterocycles. The Morgan fingerprint density at radius 3 is 2.67 bits per heavy atom. The van der Waals surface area contributed by atoms with Crippen molar-refractivity contribution in [3.63, 3.8) is 0 Å². The van der Waals surface area contributed by atoms with E-state index in [0.29, 0.717) is 11.8 Å². The molecule has 2 N–H and O–H groups in total. The molecule has 4 rings (SSSR count). The molecular weight excluding hydrogens is 422 g/mol. The molecule has 3 heterocycles. The molecule has 0 aliphatic rings. The predicted octanol–water partition coefficient (Wildman–Crippen LogP) is 2.22. The van der Waals surface area contributed by atoms with Crippen molar-refractivity contribution in [2.24, 2.45) is 7.05 Å². The molecule has 30 heavy (non-hydrogen) atoms. The molecule has 3 aromatic heterocycles. The van der Waals surface area contributed by atoms with Crippen molar-refractivity contribution >= 4 is 32.5 Å². The molecule has 0 spiro atoms. The molecule has 1 aromatic carbocycles. The molecule has 10 nitrogen and oxygen atoms in total. The van der Waals surface area contributed by atoms with E-state index in [2.05, 4.69) is 25.8 Å². The van der Waals surface area contributed by atoms with Gasteiger partial charge >= 0.3 is 0 Å². The number of hydrogen-bond acceptors (Lipinski definition) is 7. The smallest absolute Gasteiger partial charge is 0.241 e. The number of nitrogens with one attached hydrogen (secondary N) is 2. The van der Waals surface area contributed by atoms with E-state index >= 15 is 0 Å². The number of amides is 1. The molecule has 13 heteroatoms. The number of carbonyl (C=O) groups is 1. The fraction of sp³-hybridized carbons (Fsp3) is 0.176. The Kier molecular flexibility index (Phi) is 5.91. The van der Waals surface area contributed by atoms with Gasteiger partial charge in [0.1, 0.15) is 23.1 Å². The first kappa shape index (κ1) is 21.1. The predicted molar refractivity (Wildman–Crippen MR) is 103 cm³/mol. The van der Waals surface area contributed by atoms with Gasteiger partial charge < -0.3 is 14.8 Å². The van der Waals surface area contributed by atoms with Crippen LogP contribution in [-0.4, -0.2) is 45.2 Å². The SMILES string of the molecule is Cc1cc(NC(=O)CS(=O)(=O)c2c[nH]c3cc(F)cc(F)c23)no1.Cn1ccnn1.[HH]. The highest BCUT2D eigenvalue weighted by atomic mass is 32.2. The Labute approximate surface area is 170 Å². The van der Waals surface area contributed by atoms with Gasteiger partial charge in [-0.2, -0.15) is 0 Å². The standard InChI is InChI=1S/C14H11F2N3O4S.C3H5N3.H2/c1-7-2-12(19-23-7)18-13(20)6-24(21,22)11-5-17-10-4-8(15)3-9(16)14(10)11;1-6-3-2-4-5-6;/h2-5,17H,6H2,1H3,(H,18,19,20);2-3H,1H3;1H. The number of halogens is 2. The molecule has 0 fully saturated rings. The number of H-pyrrole nitrogens is 1. The third-order valence-corrected chi connectivity index (χ3v) is 5.39. The lowest BCUT2D eigenvalue weighted by atomic mass is 10.2. The largest absolute Gasteiger partial charge is 0.360 e. The van der Waals surface area contributed by atoms with Gasteiger partial charge in [-0.1, -0.05) is 10.4 Å². The summed E-state index contributed by atoms with van der Waals surface area (Å²) in [4.78, 5) is 13.9. The third-order valence-electron chi connectivity index (χ3n) is 3.75. The molecule has 0 radical (unpaired) electrons. The van der Waals surface area contributed by atoms with Crippen LogP contribution in [0.4, 0.5) is 14.6 Å². The van der Waals surface area contributed by atoms with Crippen molar-refractivity contribution < 1.29 is 27.9 Å². The minimum atomic E-state index is -4.16. The van der Waals surface area contributed by atoms with Crippen LogP contribution in [0.3, 0.4) is 0 Å². The first-order chi connectivity index (χ1) is 14.2. The minimum Gasteiger partial charge on any atom is -0.360 e. The van der Waals surface area contributed by atoms with Crippen LogP contribution in [0.25, 0.3) is 10.9 Å². The van der Waals surface area contributed by atoms with Gasteiger partial charge in [-0.25, -0.2) is 17.2 Å². The Hall–Kier alpha value is -3.61. The lowest BCUT2D eigenvalue weighted by Gasteiger charge is -2.04. The van der Waals surface area contributed by atoms with Crippen LogP contribution in [0, 0.1) is 18.6 Å². The number of anilines is 1. The van der Waals surface area contributed by atoms with Gasteiger partial charge in [-0.15, -0.1) is 5.10 Å². The number of carbonyl (C=O) groups excluding carboxylic acids is 1. The van der Waals surface area contributed by atoms with Crippen LogP contribution >= 0.6 is 0 Å². The van der Waals surface area contributed by atoms with Gasteiger partial charge in [0, 0.05) is 33.0 Å². The molecule has 1 amide bonds. The zero-order chi connectivity index (χ0) is 21.9. The van der Waals surface area contributed by atoms with E-state index in [4.69, 9.17) is 4.52 Å². The second kappa shape index (κ2) is 8.41. The Morgan fingerprint density at radius 1 is 1.33 bits per heavy atom. The maximum Gasteiger partial charge on any atom is 0.241 e. The summed E-state index contributed by atoms with van der Waals surface area (Å²) >= 11 is 0. The highest BCUT2D eigenvalue weighted by molar-refractivity contribution is 7.92. The molecule has 0 bridgehead atoms. The third kappa shape index (κ3) is 4.86. The highest BCUT2D eigenvalue weighted by Crippen LogP contribution is 2.27. The van der Waals surface area contributed by atoms with E-state index in [1.807, 2.05) is 7.05 Å². The van der Waals surface area contributed by atoms with Crippen LogP contribution in [0.5, 0.6) is 0 Å². The van der Waals surface area contributed by atoms with Crippen LogP contribution in [0.15, 0.2) is 46.2 Å². The zero-order valence-corrected chi connectivity index (χ0v) is 16.6. The summed E-state index contributed by atoms with van der Waals surface area (Å²) in [5, 5.41) is 12.6. The van der Waals surface area contributed by atoms with Gasteiger partial charge in [-0.05, 0) is 13.0 Å². The van der Waals surface area contributed by atoms with Gasteiger partial charge in [-0.3, -0.25) is 9.48 Å². The monoisotopic (exact) mass is 440 g/mol. The molecule has 160 valence electrons. The highest BCUT2D eigenvalue weighted by Gasteiger charge is 2.25. The van der Waals surface area contributed by atoms with Gasteiger partial charge in [0.25, 0.3) is 0 Å². The van der Waals surface area contributed by atoms with Crippen LogP contribution in [0.2, 0.25) is 0 Å². The molecule has 4 aromatic rings. The maximum atomic E-state index is 13.9. The lowest BCUT2D eigenvalue weighted by molar-refractivity contribution is -0.113. The van der Waals surface area contributed by atoms with Crippen molar-refractivity contribution in [2.45, 2.75) is 11.8 Å². The molecule has 0 saturated carbocycles. The molecule has 0 aliphatic carbocycles. The van der Waals surface area contributed by atoms with Crippen molar-refractivity contribution in [1.82, 2.24) is 25.1 Å². The molecule has 0 aliphatic heterocycles. The first-order valence-electron chi connectivity index (χ1n) is 8.38. The van der Waals surface area contributed by atoms with Gasteiger partial charge in [0.15, 0.2) is 15.7 Å². The van der Waals surface area contributed by atoms with E-state index in [1.165, 1.54) is 6.07 Å². The van der Waals surface area contributed by atoms with Crippen LogP contribution in [0.1, 0.15) is 7.19 Å². The summed E-state index contributed by atoms with van der Waals surface area (Å²) in [5.41, 5.74) is -0.0152. The number of hydrogen-bond donors (Lipinski definition) is 2.